The van der Waals surface area contributed by atoms with Crippen molar-refractivity contribution in [1.29, 1.82) is 0 Å². The Bertz CT molecular complexity index is 563. The molecule has 0 aliphatic heterocycles. The summed E-state index contributed by atoms with van der Waals surface area (Å²) >= 11 is 0. The summed E-state index contributed by atoms with van der Waals surface area (Å²) in [5.74, 6) is 0.267. The molecule has 4 nitrogen and oxygen atoms in total. The van der Waals surface area contributed by atoms with Crippen molar-refractivity contribution in [2.24, 2.45) is 0 Å². The Balaban J connectivity index is 1.84. The number of rotatable bonds is 7. The number of nitrogen functional groups attached to an aromatic ring is 1. The van der Waals surface area contributed by atoms with Gasteiger partial charge < -0.3 is 20.3 Å². The van der Waals surface area contributed by atoms with Crippen molar-refractivity contribution in [3.63, 3.8) is 0 Å². The van der Waals surface area contributed by atoms with Gasteiger partial charge in [0.25, 0.3) is 0 Å². The molecule has 0 bridgehead atoms. The molecule has 0 radical (unpaired) electrons. The molecule has 112 valence electrons. The quantitative estimate of drug-likeness (QED) is 0.608. The number of hydrogen-bond acceptors (Lipinski definition) is 4. The lowest BCUT2D eigenvalue weighted by Crippen LogP contribution is -2.25. The summed E-state index contributed by atoms with van der Waals surface area (Å²) in [4.78, 5) is 0. The second-order valence-electron chi connectivity index (χ2n) is 4.62. The zero-order valence-electron chi connectivity index (χ0n) is 11.5. The number of anilines is 1. The van der Waals surface area contributed by atoms with Crippen LogP contribution in [0.5, 0.6) is 11.5 Å². The molecule has 0 aliphatic rings. The topological polar surface area (TPSA) is 64.7 Å². The Morgan fingerprint density at radius 2 is 1.90 bits per heavy atom. The second-order valence-corrected chi connectivity index (χ2v) is 4.62. The van der Waals surface area contributed by atoms with Gasteiger partial charge in [-0.2, -0.15) is 0 Å². The van der Waals surface area contributed by atoms with E-state index in [0.717, 1.165) is 5.56 Å². The van der Waals surface area contributed by atoms with E-state index < -0.39 is 12.8 Å². The van der Waals surface area contributed by atoms with Crippen LogP contribution >= 0.6 is 0 Å². The van der Waals surface area contributed by atoms with E-state index in [-0.39, 0.29) is 18.0 Å². The van der Waals surface area contributed by atoms with Crippen molar-refractivity contribution in [2.45, 2.75) is 12.7 Å². The molecule has 2 aromatic carbocycles. The number of ether oxygens (including phenoxy) is 2. The first-order valence-corrected chi connectivity index (χ1v) is 6.62. The number of phenolic OH excluding ortho intramolecular Hbond substituents is 1. The van der Waals surface area contributed by atoms with Crippen LogP contribution in [0.15, 0.2) is 48.5 Å². The van der Waals surface area contributed by atoms with Gasteiger partial charge in [0.15, 0.2) is 6.10 Å². The van der Waals surface area contributed by atoms with Crippen molar-refractivity contribution >= 4 is 5.69 Å². The maximum Gasteiger partial charge on any atom is 0.150 e. The number of halogens is 1. The summed E-state index contributed by atoms with van der Waals surface area (Å²) in [6, 6.07) is 14.1. The summed E-state index contributed by atoms with van der Waals surface area (Å²) in [6.45, 7) is -0.163. The lowest BCUT2D eigenvalue weighted by molar-refractivity contribution is 0.0297. The van der Waals surface area contributed by atoms with E-state index in [0.29, 0.717) is 12.4 Å². The van der Waals surface area contributed by atoms with Crippen molar-refractivity contribution in [3.8, 4) is 11.5 Å². The molecule has 0 saturated carbocycles. The van der Waals surface area contributed by atoms with E-state index in [9.17, 15) is 9.50 Å². The highest BCUT2D eigenvalue weighted by Gasteiger charge is 2.12. The van der Waals surface area contributed by atoms with Crippen LogP contribution in [0.4, 0.5) is 10.1 Å². The molecule has 2 aromatic rings. The third-order valence-electron chi connectivity index (χ3n) is 2.89. The van der Waals surface area contributed by atoms with Crippen LogP contribution in [-0.2, 0) is 11.3 Å². The van der Waals surface area contributed by atoms with E-state index in [1.165, 1.54) is 12.1 Å². The number of hydrogen-bond donors (Lipinski definition) is 2. The van der Waals surface area contributed by atoms with Gasteiger partial charge in [-0.25, -0.2) is 4.39 Å². The largest absolute Gasteiger partial charge is 0.506 e. The molecule has 1 atom stereocenters. The third-order valence-corrected chi connectivity index (χ3v) is 2.89. The molecule has 1 unspecified atom stereocenters. The standard InChI is InChI=1S/C16H18FNO3/c17-9-14(11-20-10-12-4-2-1-3-5-12)21-13-6-7-15(18)16(19)8-13/h1-8,14,19H,9-11,18H2. The number of alkyl halides is 1. The molecule has 5 heteroatoms. The van der Waals surface area contributed by atoms with Gasteiger partial charge in [0, 0.05) is 6.07 Å². The molecule has 0 aromatic heterocycles. The number of phenols is 1. The Morgan fingerprint density at radius 1 is 1.14 bits per heavy atom. The van der Waals surface area contributed by atoms with Gasteiger partial charge >= 0.3 is 0 Å². The van der Waals surface area contributed by atoms with Gasteiger partial charge in [-0.3, -0.25) is 0 Å². The van der Waals surface area contributed by atoms with Crippen LogP contribution < -0.4 is 10.5 Å². The fourth-order valence-electron chi connectivity index (χ4n) is 1.78. The van der Waals surface area contributed by atoms with E-state index in [1.54, 1.807) is 6.07 Å². The van der Waals surface area contributed by atoms with E-state index >= 15 is 0 Å². The summed E-state index contributed by atoms with van der Waals surface area (Å²) in [5.41, 5.74) is 6.76. The molecule has 3 N–H and O–H groups in total. The maximum absolute atomic E-state index is 13.0. The van der Waals surface area contributed by atoms with Gasteiger partial charge in [0.2, 0.25) is 0 Å². The molecule has 2 rings (SSSR count). The lowest BCUT2D eigenvalue weighted by atomic mass is 10.2. The molecule has 0 fully saturated rings. The number of benzene rings is 2. The highest BCUT2D eigenvalue weighted by molar-refractivity contribution is 5.54. The Labute approximate surface area is 122 Å². The normalized spacial score (nSPS) is 12.0. The van der Waals surface area contributed by atoms with Crippen LogP contribution in [0.25, 0.3) is 0 Å². The molecule has 0 saturated heterocycles. The molecule has 21 heavy (non-hydrogen) atoms. The zero-order chi connectivity index (χ0) is 15.1. The number of nitrogens with two attached hydrogens (primary N) is 1. The van der Waals surface area contributed by atoms with Gasteiger partial charge in [-0.05, 0) is 17.7 Å². The van der Waals surface area contributed by atoms with Gasteiger partial charge in [-0.15, -0.1) is 0 Å². The van der Waals surface area contributed by atoms with E-state index in [1.807, 2.05) is 30.3 Å². The molecule has 0 heterocycles. The van der Waals surface area contributed by atoms with Gasteiger partial charge in [0.05, 0.1) is 18.9 Å². The first-order chi connectivity index (χ1) is 10.2. The molecule has 0 amide bonds. The van der Waals surface area contributed by atoms with Crippen LogP contribution in [0.1, 0.15) is 5.56 Å². The fourth-order valence-corrected chi connectivity index (χ4v) is 1.78. The van der Waals surface area contributed by atoms with Crippen LogP contribution in [-0.4, -0.2) is 24.5 Å². The SMILES string of the molecule is Nc1ccc(OC(CF)COCc2ccccc2)cc1O. The third kappa shape index (κ3) is 4.65. The smallest absolute Gasteiger partial charge is 0.150 e. The summed E-state index contributed by atoms with van der Waals surface area (Å²) < 4.78 is 23.8. The summed E-state index contributed by atoms with van der Waals surface area (Å²) in [5, 5.41) is 9.48. The minimum absolute atomic E-state index is 0.0877. The Kier molecular flexibility index (Phi) is 5.40. The monoisotopic (exact) mass is 291 g/mol. The summed E-state index contributed by atoms with van der Waals surface area (Å²) in [7, 11) is 0. The van der Waals surface area contributed by atoms with Crippen molar-refractivity contribution < 1.29 is 19.0 Å². The Hall–Kier alpha value is -2.27. The zero-order valence-corrected chi connectivity index (χ0v) is 11.5. The van der Waals surface area contributed by atoms with Gasteiger partial charge in [0.1, 0.15) is 18.2 Å². The highest BCUT2D eigenvalue weighted by atomic mass is 19.1. The molecular weight excluding hydrogens is 273 g/mol. The Morgan fingerprint density at radius 3 is 2.57 bits per heavy atom. The van der Waals surface area contributed by atoms with Crippen LogP contribution in [0, 0.1) is 0 Å². The molecule has 0 spiro atoms. The lowest BCUT2D eigenvalue weighted by Gasteiger charge is -2.16. The fraction of sp³-hybridized carbons (Fsp3) is 0.250. The first-order valence-electron chi connectivity index (χ1n) is 6.62. The number of aromatic hydroxyl groups is 1. The van der Waals surface area contributed by atoms with Crippen molar-refractivity contribution in [3.05, 3.63) is 54.1 Å². The predicted molar refractivity (Wildman–Crippen MR) is 79.0 cm³/mol. The average Bonchev–Trinajstić information content (AvgIpc) is 2.51. The highest BCUT2D eigenvalue weighted by Crippen LogP contribution is 2.26. The van der Waals surface area contributed by atoms with E-state index in [2.05, 4.69) is 0 Å². The minimum Gasteiger partial charge on any atom is -0.506 e. The maximum atomic E-state index is 13.0. The molecular formula is C16H18FNO3. The average molecular weight is 291 g/mol. The van der Waals surface area contributed by atoms with Crippen LogP contribution in [0.3, 0.4) is 0 Å². The minimum atomic E-state index is -0.725. The van der Waals surface area contributed by atoms with Crippen molar-refractivity contribution in [2.75, 3.05) is 19.0 Å². The predicted octanol–water partition coefficient (Wildman–Crippen LogP) is 2.91. The van der Waals surface area contributed by atoms with Crippen molar-refractivity contribution in [1.82, 2.24) is 0 Å². The van der Waals surface area contributed by atoms with E-state index in [4.69, 9.17) is 15.2 Å². The second kappa shape index (κ2) is 7.50. The molecule has 0 aliphatic carbocycles. The van der Waals surface area contributed by atoms with Crippen LogP contribution in [0.2, 0.25) is 0 Å². The van der Waals surface area contributed by atoms with Gasteiger partial charge in [-0.1, -0.05) is 30.3 Å². The first kappa shape index (κ1) is 15.1. The summed E-state index contributed by atoms with van der Waals surface area (Å²) in [6.07, 6.45) is -0.725.